The van der Waals surface area contributed by atoms with Crippen LogP contribution in [0, 0.1) is 10.8 Å². The first-order valence-electron chi connectivity index (χ1n) is 11.4. The van der Waals surface area contributed by atoms with E-state index in [1.165, 1.54) is 30.4 Å². The van der Waals surface area contributed by atoms with Crippen LogP contribution in [0.25, 0.3) is 0 Å². The molecular formula is C27H39NO2. The average molecular weight is 410 g/mol. The summed E-state index contributed by atoms with van der Waals surface area (Å²) in [6.45, 7) is 9.13. The highest BCUT2D eigenvalue weighted by molar-refractivity contribution is 5.14. The monoisotopic (exact) mass is 409 g/mol. The molecule has 0 unspecified atom stereocenters. The third kappa shape index (κ3) is 6.66. The Bertz CT molecular complexity index is 668. The zero-order valence-electron chi connectivity index (χ0n) is 19.0. The van der Waals surface area contributed by atoms with E-state index in [1.807, 2.05) is 24.3 Å². The Morgan fingerprint density at radius 3 is 1.50 bits per heavy atom. The first-order chi connectivity index (χ1) is 14.4. The van der Waals surface area contributed by atoms with E-state index in [2.05, 4.69) is 57.2 Å². The molecule has 2 N–H and O–H groups in total. The lowest BCUT2D eigenvalue weighted by molar-refractivity contribution is -0.0822. The molecule has 30 heavy (non-hydrogen) atoms. The molecule has 0 amide bonds. The Labute approximate surface area is 183 Å². The molecule has 2 aromatic carbocycles. The standard InChI is InChI=1S/C14H20O.C13H19NO/c1-3-14(2)9-13(10-14)15-11-12-7-5-4-6-8-12;1-13(10-14)7-12(8-13)15-9-11-5-3-2-4-6-11/h4-8,13H,3,9-11H2,1-2H3;2-6,12H,7-10,14H2,1H3. The molecule has 0 aromatic heterocycles. The Morgan fingerprint density at radius 1 is 0.733 bits per heavy atom. The van der Waals surface area contributed by atoms with Gasteiger partial charge in [0.1, 0.15) is 0 Å². The molecule has 3 nitrogen and oxygen atoms in total. The third-order valence-corrected chi connectivity index (χ3v) is 6.89. The topological polar surface area (TPSA) is 44.5 Å². The van der Waals surface area contributed by atoms with E-state index in [-0.39, 0.29) is 0 Å². The van der Waals surface area contributed by atoms with Gasteiger partial charge in [-0.05, 0) is 54.2 Å². The maximum atomic E-state index is 5.86. The number of hydrogen-bond donors (Lipinski definition) is 1. The zero-order chi connectivity index (χ0) is 21.5. The third-order valence-electron chi connectivity index (χ3n) is 6.89. The van der Waals surface area contributed by atoms with Crippen LogP contribution in [0.3, 0.4) is 0 Å². The summed E-state index contributed by atoms with van der Waals surface area (Å²) < 4.78 is 11.7. The molecule has 2 aliphatic rings. The lowest BCUT2D eigenvalue weighted by Gasteiger charge is -2.44. The summed E-state index contributed by atoms with van der Waals surface area (Å²) in [4.78, 5) is 0. The predicted octanol–water partition coefficient (Wildman–Crippen LogP) is 6.11. The van der Waals surface area contributed by atoms with E-state index < -0.39 is 0 Å². The maximum Gasteiger partial charge on any atom is 0.0720 e. The van der Waals surface area contributed by atoms with Crippen LogP contribution in [-0.4, -0.2) is 18.8 Å². The summed E-state index contributed by atoms with van der Waals surface area (Å²) in [6.07, 6.45) is 6.87. The Morgan fingerprint density at radius 2 is 1.13 bits per heavy atom. The first-order valence-corrected chi connectivity index (χ1v) is 11.4. The van der Waals surface area contributed by atoms with Crippen LogP contribution in [-0.2, 0) is 22.7 Å². The highest BCUT2D eigenvalue weighted by Crippen LogP contribution is 2.45. The molecule has 2 saturated carbocycles. The van der Waals surface area contributed by atoms with Crippen LogP contribution in [0.5, 0.6) is 0 Å². The lowest BCUT2D eigenvalue weighted by atomic mass is 9.66. The fourth-order valence-corrected chi connectivity index (χ4v) is 4.35. The van der Waals surface area contributed by atoms with Gasteiger partial charge in [-0.25, -0.2) is 0 Å². The summed E-state index contributed by atoms with van der Waals surface area (Å²) in [5, 5.41) is 0. The van der Waals surface area contributed by atoms with E-state index in [1.54, 1.807) is 0 Å². The second kappa shape index (κ2) is 10.6. The summed E-state index contributed by atoms with van der Waals surface area (Å²) >= 11 is 0. The largest absolute Gasteiger partial charge is 0.374 e. The van der Waals surface area contributed by atoms with Gasteiger partial charge in [0, 0.05) is 0 Å². The number of nitrogens with two attached hydrogens (primary N) is 1. The molecular weight excluding hydrogens is 370 g/mol. The van der Waals surface area contributed by atoms with Gasteiger partial charge in [0.25, 0.3) is 0 Å². The van der Waals surface area contributed by atoms with Crippen LogP contribution in [0.4, 0.5) is 0 Å². The van der Waals surface area contributed by atoms with Crippen LogP contribution in [0.2, 0.25) is 0 Å². The smallest absolute Gasteiger partial charge is 0.0720 e. The molecule has 164 valence electrons. The molecule has 0 saturated heterocycles. The van der Waals surface area contributed by atoms with Crippen molar-refractivity contribution < 1.29 is 9.47 Å². The van der Waals surface area contributed by atoms with Crippen LogP contribution >= 0.6 is 0 Å². The van der Waals surface area contributed by atoms with Crippen LogP contribution in [0.1, 0.15) is 64.0 Å². The van der Waals surface area contributed by atoms with Crippen LogP contribution in [0.15, 0.2) is 60.7 Å². The zero-order valence-corrected chi connectivity index (χ0v) is 19.0. The van der Waals surface area contributed by atoms with Gasteiger partial charge in [-0.2, -0.15) is 0 Å². The van der Waals surface area contributed by atoms with Crippen molar-refractivity contribution in [2.45, 2.75) is 78.3 Å². The molecule has 0 spiro atoms. The summed E-state index contributed by atoms with van der Waals surface area (Å²) in [6, 6.07) is 20.7. The Balaban J connectivity index is 0.000000171. The van der Waals surface area contributed by atoms with Gasteiger partial charge < -0.3 is 15.2 Å². The second-order valence-corrected chi connectivity index (χ2v) is 9.83. The van der Waals surface area contributed by atoms with E-state index >= 15 is 0 Å². The fourth-order valence-electron chi connectivity index (χ4n) is 4.35. The predicted molar refractivity (Wildman–Crippen MR) is 124 cm³/mol. The molecule has 2 aliphatic carbocycles. The van der Waals surface area contributed by atoms with Gasteiger partial charge in [-0.1, -0.05) is 87.9 Å². The molecule has 4 rings (SSSR count). The number of ether oxygens (including phenoxy) is 2. The van der Waals surface area contributed by atoms with Crippen molar-refractivity contribution in [1.29, 1.82) is 0 Å². The van der Waals surface area contributed by atoms with E-state index in [9.17, 15) is 0 Å². The van der Waals surface area contributed by atoms with Crippen molar-refractivity contribution in [2.24, 2.45) is 16.6 Å². The molecule has 0 radical (unpaired) electrons. The van der Waals surface area contributed by atoms with Crippen molar-refractivity contribution >= 4 is 0 Å². The number of hydrogen-bond acceptors (Lipinski definition) is 3. The molecule has 0 aliphatic heterocycles. The average Bonchev–Trinajstić information content (AvgIpc) is 2.74. The van der Waals surface area contributed by atoms with Gasteiger partial charge >= 0.3 is 0 Å². The molecule has 0 heterocycles. The van der Waals surface area contributed by atoms with Crippen molar-refractivity contribution in [1.82, 2.24) is 0 Å². The van der Waals surface area contributed by atoms with Gasteiger partial charge in [0.15, 0.2) is 0 Å². The van der Waals surface area contributed by atoms with Gasteiger partial charge in [-0.3, -0.25) is 0 Å². The number of rotatable bonds is 8. The molecule has 0 bridgehead atoms. The summed E-state index contributed by atoms with van der Waals surface area (Å²) in [5.74, 6) is 0. The Kier molecular flexibility index (Phi) is 8.10. The van der Waals surface area contributed by atoms with Gasteiger partial charge in [0.2, 0.25) is 0 Å². The fraction of sp³-hybridized carbons (Fsp3) is 0.556. The van der Waals surface area contributed by atoms with E-state index in [0.717, 1.165) is 32.6 Å². The van der Waals surface area contributed by atoms with Gasteiger partial charge in [-0.15, -0.1) is 0 Å². The first kappa shape index (κ1) is 23.0. The normalized spacial score (nSPS) is 29.9. The second-order valence-electron chi connectivity index (χ2n) is 9.83. The van der Waals surface area contributed by atoms with Gasteiger partial charge in [0.05, 0.1) is 25.4 Å². The van der Waals surface area contributed by atoms with Crippen LogP contribution < -0.4 is 5.73 Å². The highest BCUT2D eigenvalue weighted by atomic mass is 16.5. The Hall–Kier alpha value is -1.68. The molecule has 2 aromatic rings. The van der Waals surface area contributed by atoms with Crippen molar-refractivity contribution in [2.75, 3.05) is 6.54 Å². The molecule has 2 fully saturated rings. The van der Waals surface area contributed by atoms with E-state index in [0.29, 0.717) is 23.0 Å². The quantitative estimate of drug-likeness (QED) is 0.572. The lowest BCUT2D eigenvalue weighted by Crippen LogP contribution is -2.45. The molecule has 0 atom stereocenters. The van der Waals surface area contributed by atoms with Crippen molar-refractivity contribution in [3.63, 3.8) is 0 Å². The minimum atomic E-state index is 0.335. The highest BCUT2D eigenvalue weighted by Gasteiger charge is 2.40. The summed E-state index contributed by atoms with van der Waals surface area (Å²) in [5.41, 5.74) is 9.10. The van der Waals surface area contributed by atoms with Crippen molar-refractivity contribution in [3.8, 4) is 0 Å². The van der Waals surface area contributed by atoms with Crippen molar-refractivity contribution in [3.05, 3.63) is 71.8 Å². The number of benzene rings is 2. The minimum Gasteiger partial charge on any atom is -0.374 e. The summed E-state index contributed by atoms with van der Waals surface area (Å²) in [7, 11) is 0. The maximum absolute atomic E-state index is 5.86. The molecule has 3 heteroatoms. The van der Waals surface area contributed by atoms with E-state index in [4.69, 9.17) is 15.2 Å². The minimum absolute atomic E-state index is 0.335. The SMILES string of the molecule is CC1(CN)CC(OCc2ccccc2)C1.CCC1(C)CC(OCc2ccccc2)C1.